The maximum Gasteiger partial charge on any atom is 0.207 e. The molecule has 0 aliphatic carbocycles. The predicted molar refractivity (Wildman–Crippen MR) is 60.1 cm³/mol. The minimum absolute atomic E-state index is 0.538. The number of ether oxygens (including phenoxy) is 1. The predicted octanol–water partition coefficient (Wildman–Crippen LogP) is 1.17. The van der Waals surface area contributed by atoms with E-state index in [1.54, 1.807) is 13.4 Å². The molecule has 0 saturated heterocycles. The van der Waals surface area contributed by atoms with Crippen LogP contribution < -0.4 is 4.74 Å². The van der Waals surface area contributed by atoms with Crippen molar-refractivity contribution in [1.82, 2.24) is 25.0 Å². The smallest absolute Gasteiger partial charge is 0.207 e. The first-order valence-electron chi connectivity index (χ1n) is 5.05. The van der Waals surface area contributed by atoms with Gasteiger partial charge in [0.1, 0.15) is 12.1 Å². The molecule has 0 spiro atoms. The molecule has 1 aromatic rings. The van der Waals surface area contributed by atoms with Gasteiger partial charge in [-0.15, -0.1) is 10.2 Å². The van der Waals surface area contributed by atoms with Crippen LogP contribution in [0, 0.1) is 0 Å². The number of hydrogen-bond donors (Lipinski definition) is 0. The zero-order valence-corrected chi connectivity index (χ0v) is 9.11. The number of aromatic nitrogens is 5. The molecule has 0 aromatic heterocycles. The molecule has 84 valence electrons. The van der Waals surface area contributed by atoms with E-state index < -0.39 is 0 Å². The molecule has 2 heterocycles. The summed E-state index contributed by atoms with van der Waals surface area (Å²) in [6.07, 6.45) is 3.48. The monoisotopic (exact) mass is 227 g/mol. The number of rotatable bonds is 2. The Labute approximate surface area is 97.2 Å². The van der Waals surface area contributed by atoms with Crippen LogP contribution in [0.25, 0.3) is 17.2 Å². The van der Waals surface area contributed by atoms with E-state index >= 15 is 0 Å². The summed E-state index contributed by atoms with van der Waals surface area (Å²) in [5, 5.41) is 11.2. The molecule has 0 radical (unpaired) electrons. The second-order valence-electron chi connectivity index (χ2n) is 3.45. The summed E-state index contributed by atoms with van der Waals surface area (Å²) in [7, 11) is 1.63. The van der Waals surface area contributed by atoms with E-state index in [2.05, 4.69) is 20.4 Å². The topological polar surface area (TPSA) is 65.7 Å². The van der Waals surface area contributed by atoms with E-state index in [4.69, 9.17) is 4.74 Å². The van der Waals surface area contributed by atoms with Gasteiger partial charge in [-0.25, -0.2) is 4.98 Å². The van der Waals surface area contributed by atoms with Gasteiger partial charge in [-0.05, 0) is 17.3 Å². The lowest BCUT2D eigenvalue weighted by Gasteiger charge is -2.10. The average Bonchev–Trinajstić information content (AvgIpc) is 2.85. The molecule has 0 unspecified atom stereocenters. The van der Waals surface area contributed by atoms with Gasteiger partial charge in [0.2, 0.25) is 5.82 Å². The number of nitrogens with zero attached hydrogens (tertiary/aromatic N) is 5. The molecule has 17 heavy (non-hydrogen) atoms. The highest BCUT2D eigenvalue weighted by molar-refractivity contribution is 5.51. The van der Waals surface area contributed by atoms with Crippen LogP contribution in [-0.2, 0) is 0 Å². The highest BCUT2D eigenvalue weighted by Gasteiger charge is 2.11. The third-order valence-electron chi connectivity index (χ3n) is 2.45. The zero-order valence-electron chi connectivity index (χ0n) is 9.11. The van der Waals surface area contributed by atoms with Gasteiger partial charge < -0.3 is 9.30 Å². The van der Waals surface area contributed by atoms with E-state index in [0.717, 1.165) is 11.4 Å². The largest absolute Gasteiger partial charge is 0.495 e. The van der Waals surface area contributed by atoms with Crippen molar-refractivity contribution in [3.63, 3.8) is 0 Å². The summed E-state index contributed by atoms with van der Waals surface area (Å²) in [6, 6.07) is 7.68. The fourth-order valence-corrected chi connectivity index (χ4v) is 1.64. The summed E-state index contributed by atoms with van der Waals surface area (Å²) >= 11 is 0. The van der Waals surface area contributed by atoms with Crippen LogP contribution in [0.2, 0.25) is 0 Å². The lowest BCUT2D eigenvalue weighted by Crippen LogP contribution is -2.01. The van der Waals surface area contributed by atoms with Crippen LogP contribution in [0.1, 0.15) is 0 Å². The van der Waals surface area contributed by atoms with Gasteiger partial charge in [-0.2, -0.15) is 0 Å². The second kappa shape index (κ2) is 3.82. The minimum Gasteiger partial charge on any atom is -0.495 e. The van der Waals surface area contributed by atoms with Crippen LogP contribution in [0.15, 0.2) is 36.8 Å². The first kappa shape index (κ1) is 9.71. The van der Waals surface area contributed by atoms with Gasteiger partial charge in [0.05, 0.1) is 12.8 Å². The van der Waals surface area contributed by atoms with E-state index in [1.807, 2.05) is 35.0 Å². The van der Waals surface area contributed by atoms with Crippen LogP contribution in [0.4, 0.5) is 0 Å². The molecule has 2 aliphatic rings. The van der Waals surface area contributed by atoms with Crippen molar-refractivity contribution in [2.45, 2.75) is 0 Å². The van der Waals surface area contributed by atoms with Gasteiger partial charge in [0.15, 0.2) is 5.69 Å². The molecular weight excluding hydrogens is 218 g/mol. The van der Waals surface area contributed by atoms with E-state index in [0.29, 0.717) is 11.5 Å². The molecule has 0 saturated carbocycles. The molecule has 0 fully saturated rings. The van der Waals surface area contributed by atoms with Crippen molar-refractivity contribution in [3.8, 4) is 23.0 Å². The highest BCUT2D eigenvalue weighted by atomic mass is 16.5. The van der Waals surface area contributed by atoms with Crippen LogP contribution in [-0.4, -0.2) is 32.1 Å². The molecular formula is C11H9N5O. The fourth-order valence-electron chi connectivity index (χ4n) is 1.64. The van der Waals surface area contributed by atoms with Crippen molar-refractivity contribution in [2.24, 2.45) is 0 Å². The maximum absolute atomic E-state index is 5.29. The Hall–Kier alpha value is -2.50. The van der Waals surface area contributed by atoms with Crippen molar-refractivity contribution >= 4 is 0 Å². The number of para-hydroxylation sites is 2. The summed E-state index contributed by atoms with van der Waals surface area (Å²) in [5.41, 5.74) is 1.55. The van der Waals surface area contributed by atoms with Gasteiger partial charge in [0.25, 0.3) is 0 Å². The van der Waals surface area contributed by atoms with Crippen LogP contribution in [0.3, 0.4) is 0 Å². The Kier molecular flexibility index (Phi) is 2.18. The van der Waals surface area contributed by atoms with Crippen molar-refractivity contribution in [1.29, 1.82) is 0 Å². The number of hydrogen-bond acceptors (Lipinski definition) is 5. The molecule has 0 N–H and O–H groups in total. The molecule has 2 aliphatic heterocycles. The van der Waals surface area contributed by atoms with Gasteiger partial charge in [-0.1, -0.05) is 12.1 Å². The average molecular weight is 227 g/mol. The van der Waals surface area contributed by atoms with Gasteiger partial charge >= 0.3 is 0 Å². The van der Waals surface area contributed by atoms with Crippen LogP contribution >= 0.6 is 0 Å². The molecule has 0 bridgehead atoms. The standard InChI is InChI=1S/C11H9N5O/c1-17-10-5-3-2-4-9(10)16-6-8-11(12-7-16)14-15-13-8/h2-7H,1H3. The Morgan fingerprint density at radius 2 is 2.06 bits per heavy atom. The zero-order chi connectivity index (χ0) is 11.7. The molecule has 1 aromatic carbocycles. The first-order chi connectivity index (χ1) is 8.38. The van der Waals surface area contributed by atoms with Gasteiger partial charge in [0, 0.05) is 6.20 Å². The number of methoxy groups -OCH3 is 1. The minimum atomic E-state index is 0.538. The highest BCUT2D eigenvalue weighted by Crippen LogP contribution is 2.23. The third-order valence-corrected chi connectivity index (χ3v) is 2.45. The van der Waals surface area contributed by atoms with Crippen LogP contribution in [0.5, 0.6) is 5.75 Å². The lowest BCUT2D eigenvalue weighted by molar-refractivity contribution is 0.412. The van der Waals surface area contributed by atoms with E-state index in [-0.39, 0.29) is 0 Å². The summed E-state index contributed by atoms with van der Waals surface area (Å²) < 4.78 is 7.12. The molecule has 6 heteroatoms. The van der Waals surface area contributed by atoms with E-state index in [9.17, 15) is 0 Å². The summed E-state index contributed by atoms with van der Waals surface area (Å²) in [6.45, 7) is 0. The lowest BCUT2D eigenvalue weighted by atomic mass is 10.3. The SMILES string of the molecule is COc1ccccc1-n1cnc2nnnc-2c1. The summed E-state index contributed by atoms with van der Waals surface area (Å²) in [4.78, 5) is 4.16. The normalized spacial score (nSPS) is 10.6. The Morgan fingerprint density at radius 1 is 1.18 bits per heavy atom. The Balaban J connectivity index is 2.17. The maximum atomic E-state index is 5.29. The Morgan fingerprint density at radius 3 is 2.94 bits per heavy atom. The molecule has 0 amide bonds. The fraction of sp³-hybridized carbons (Fsp3) is 0.0909. The third kappa shape index (κ3) is 1.59. The molecule has 0 atom stereocenters. The molecule has 6 nitrogen and oxygen atoms in total. The van der Waals surface area contributed by atoms with Crippen molar-refractivity contribution < 1.29 is 4.74 Å². The molecule has 3 rings (SSSR count). The Bertz CT molecular complexity index is 621. The second-order valence-corrected chi connectivity index (χ2v) is 3.45. The quantitative estimate of drug-likeness (QED) is 0.657. The summed E-state index contributed by atoms with van der Waals surface area (Å²) in [5.74, 6) is 1.31. The number of benzene rings is 1. The number of fused-ring (bicyclic) bond motifs is 1. The van der Waals surface area contributed by atoms with E-state index in [1.165, 1.54) is 0 Å². The first-order valence-corrected chi connectivity index (χ1v) is 5.05. The van der Waals surface area contributed by atoms with Crippen molar-refractivity contribution in [3.05, 3.63) is 36.8 Å². The van der Waals surface area contributed by atoms with Crippen molar-refractivity contribution in [2.75, 3.05) is 7.11 Å². The van der Waals surface area contributed by atoms with Gasteiger partial charge in [-0.3, -0.25) is 0 Å².